The van der Waals surface area contributed by atoms with Gasteiger partial charge in [0, 0.05) is 23.8 Å². The van der Waals surface area contributed by atoms with Gasteiger partial charge in [0.1, 0.15) is 11.5 Å². The molecule has 0 aliphatic heterocycles. The van der Waals surface area contributed by atoms with Gasteiger partial charge in [-0.1, -0.05) is 12.1 Å². The Kier molecular flexibility index (Phi) is 3.90. The highest BCUT2D eigenvalue weighted by molar-refractivity contribution is 6.22. The first kappa shape index (κ1) is 18.6. The Labute approximate surface area is 158 Å². The van der Waals surface area contributed by atoms with Crippen molar-refractivity contribution in [2.75, 3.05) is 0 Å². The summed E-state index contributed by atoms with van der Waals surface area (Å²) in [5.74, 6) is -8.33. The molecule has 7 N–H and O–H groups in total. The van der Waals surface area contributed by atoms with Gasteiger partial charge in [-0.15, -0.1) is 0 Å². The molecular formula is C19H19NO8. The number of phenols is 1. The predicted molar refractivity (Wildman–Crippen MR) is 92.5 cm³/mol. The van der Waals surface area contributed by atoms with E-state index >= 15 is 0 Å². The summed E-state index contributed by atoms with van der Waals surface area (Å²) < 4.78 is 0. The molecule has 3 aliphatic rings. The lowest BCUT2D eigenvalue weighted by atomic mass is 9.53. The van der Waals surface area contributed by atoms with Crippen LogP contribution in [0.15, 0.2) is 23.8 Å². The van der Waals surface area contributed by atoms with Crippen LogP contribution < -0.4 is 5.73 Å². The Bertz CT molecular complexity index is 953. The fourth-order valence-corrected chi connectivity index (χ4v) is 5.00. The molecule has 4 rings (SSSR count). The summed E-state index contributed by atoms with van der Waals surface area (Å²) in [6.45, 7) is 0. The Morgan fingerprint density at radius 3 is 2.50 bits per heavy atom. The van der Waals surface area contributed by atoms with Crippen LogP contribution in [-0.4, -0.2) is 54.7 Å². The van der Waals surface area contributed by atoms with Gasteiger partial charge in [0.15, 0.2) is 11.4 Å². The van der Waals surface area contributed by atoms with E-state index < -0.39 is 76.5 Å². The van der Waals surface area contributed by atoms with Crippen molar-refractivity contribution in [3.63, 3.8) is 0 Å². The van der Waals surface area contributed by atoms with Crippen LogP contribution in [0.2, 0.25) is 0 Å². The maximum absolute atomic E-state index is 13.2. The van der Waals surface area contributed by atoms with Crippen molar-refractivity contribution in [3.8, 4) is 5.75 Å². The minimum Gasteiger partial charge on any atom is -0.507 e. The highest BCUT2D eigenvalue weighted by Crippen LogP contribution is 2.56. The summed E-state index contributed by atoms with van der Waals surface area (Å²) in [5, 5.41) is 52.7. The topological polar surface area (TPSA) is 178 Å². The molecule has 28 heavy (non-hydrogen) atoms. The average molecular weight is 389 g/mol. The minimum atomic E-state index is -2.65. The molecule has 6 unspecified atom stereocenters. The number of ketones is 2. The molecule has 9 heteroatoms. The number of benzene rings is 1. The maximum Gasteiger partial charge on any atom is 0.221 e. The van der Waals surface area contributed by atoms with Gasteiger partial charge in [-0.3, -0.25) is 14.4 Å². The number of carbonyl (C=O) groups excluding carboxylic acids is 3. The molecule has 3 aliphatic carbocycles. The van der Waals surface area contributed by atoms with Crippen molar-refractivity contribution in [3.05, 3.63) is 34.9 Å². The normalized spacial score (nSPS) is 37.2. The first-order valence-electron chi connectivity index (χ1n) is 8.82. The maximum atomic E-state index is 13.2. The second-order valence-corrected chi connectivity index (χ2v) is 7.62. The quantitative estimate of drug-likeness (QED) is 0.334. The van der Waals surface area contributed by atoms with Crippen molar-refractivity contribution >= 4 is 23.2 Å². The van der Waals surface area contributed by atoms with Crippen molar-refractivity contribution in [1.82, 2.24) is 0 Å². The van der Waals surface area contributed by atoms with Crippen LogP contribution in [0.1, 0.15) is 30.1 Å². The number of carbonyl (C=O) groups is 3. The SMILES string of the molecule is NC(=O)C1C2C(=C(O)c3c(O)cccc3C2O)C(=O)C2(O)C(=O)CC(O)CC12. The second-order valence-electron chi connectivity index (χ2n) is 7.62. The summed E-state index contributed by atoms with van der Waals surface area (Å²) in [5.41, 5.74) is 2.22. The highest BCUT2D eigenvalue weighted by atomic mass is 16.3. The smallest absolute Gasteiger partial charge is 0.221 e. The molecule has 0 aromatic heterocycles. The van der Waals surface area contributed by atoms with Gasteiger partial charge >= 0.3 is 0 Å². The Balaban J connectivity index is 2.02. The third kappa shape index (κ3) is 2.15. The lowest BCUT2D eigenvalue weighted by Gasteiger charge is -2.51. The molecule has 0 heterocycles. The van der Waals surface area contributed by atoms with E-state index in [2.05, 4.69) is 0 Å². The second kappa shape index (κ2) is 5.87. The summed E-state index contributed by atoms with van der Waals surface area (Å²) in [7, 11) is 0. The summed E-state index contributed by atoms with van der Waals surface area (Å²) in [6, 6.07) is 4.07. The van der Waals surface area contributed by atoms with Gasteiger partial charge in [-0.2, -0.15) is 0 Å². The number of Topliss-reactive ketones (excluding diaryl/α,β-unsaturated/α-hetero) is 2. The highest BCUT2D eigenvalue weighted by Gasteiger charge is 2.66. The van der Waals surface area contributed by atoms with Crippen LogP contribution >= 0.6 is 0 Å². The van der Waals surface area contributed by atoms with Crippen LogP contribution in [-0.2, 0) is 14.4 Å². The number of hydrogen-bond donors (Lipinski definition) is 6. The fraction of sp³-hybridized carbons (Fsp3) is 0.421. The number of aliphatic hydroxyl groups excluding tert-OH is 3. The number of aromatic hydroxyl groups is 1. The number of fused-ring (bicyclic) bond motifs is 3. The van der Waals surface area contributed by atoms with Crippen molar-refractivity contribution in [2.24, 2.45) is 23.5 Å². The first-order valence-corrected chi connectivity index (χ1v) is 8.82. The molecule has 148 valence electrons. The molecule has 2 fully saturated rings. The fourth-order valence-electron chi connectivity index (χ4n) is 5.00. The van der Waals surface area contributed by atoms with Crippen molar-refractivity contribution < 1.29 is 39.9 Å². The Morgan fingerprint density at radius 2 is 1.86 bits per heavy atom. The molecule has 2 saturated carbocycles. The predicted octanol–water partition coefficient (Wildman–Crippen LogP) is -0.920. The largest absolute Gasteiger partial charge is 0.507 e. The van der Waals surface area contributed by atoms with Crippen LogP contribution in [0.5, 0.6) is 5.75 Å². The van der Waals surface area contributed by atoms with E-state index in [-0.39, 0.29) is 17.5 Å². The summed E-state index contributed by atoms with van der Waals surface area (Å²) in [6.07, 6.45) is -3.42. The van der Waals surface area contributed by atoms with E-state index in [1.54, 1.807) is 0 Å². The number of phenolic OH excluding ortho intramolecular Hbond substituents is 1. The number of amides is 1. The molecule has 0 radical (unpaired) electrons. The molecule has 1 aromatic carbocycles. The third-order valence-corrected chi connectivity index (χ3v) is 6.21. The van der Waals surface area contributed by atoms with Crippen LogP contribution in [0.3, 0.4) is 0 Å². The van der Waals surface area contributed by atoms with E-state index in [1.807, 2.05) is 0 Å². The minimum absolute atomic E-state index is 0.0819. The number of primary amides is 1. The van der Waals surface area contributed by atoms with E-state index in [1.165, 1.54) is 18.2 Å². The lowest BCUT2D eigenvalue weighted by Crippen LogP contribution is -2.67. The average Bonchev–Trinajstić information content (AvgIpc) is 2.61. The zero-order chi connectivity index (χ0) is 20.5. The van der Waals surface area contributed by atoms with Crippen LogP contribution in [0, 0.1) is 17.8 Å². The molecule has 0 bridgehead atoms. The summed E-state index contributed by atoms with van der Waals surface area (Å²) >= 11 is 0. The Morgan fingerprint density at radius 1 is 1.18 bits per heavy atom. The first-order chi connectivity index (χ1) is 13.1. The lowest BCUT2D eigenvalue weighted by molar-refractivity contribution is -0.176. The molecule has 0 saturated heterocycles. The standard InChI is InChI=1S/C19H19NO8/c20-18(27)12-8-4-6(21)5-10(23)19(8,28)17(26)14-13(12)15(24)7-2-1-3-9(22)11(7)16(14)25/h1-3,6,8,12-13,15,21-22,24-25,28H,4-5H2,(H2,20,27). The monoisotopic (exact) mass is 389 g/mol. The number of rotatable bonds is 1. The number of nitrogens with two attached hydrogens (primary N) is 1. The zero-order valence-corrected chi connectivity index (χ0v) is 14.6. The number of hydrogen-bond acceptors (Lipinski definition) is 8. The van der Waals surface area contributed by atoms with Gasteiger partial charge < -0.3 is 31.3 Å². The van der Waals surface area contributed by atoms with E-state index in [0.29, 0.717) is 0 Å². The van der Waals surface area contributed by atoms with Gasteiger partial charge in [-0.05, 0) is 18.1 Å². The van der Waals surface area contributed by atoms with Gasteiger partial charge in [-0.25, -0.2) is 0 Å². The third-order valence-electron chi connectivity index (χ3n) is 6.21. The molecule has 0 spiro atoms. The summed E-state index contributed by atoms with van der Waals surface area (Å²) in [4.78, 5) is 38.0. The van der Waals surface area contributed by atoms with E-state index in [4.69, 9.17) is 5.73 Å². The van der Waals surface area contributed by atoms with E-state index in [0.717, 1.165) is 0 Å². The molecule has 1 amide bonds. The van der Waals surface area contributed by atoms with Gasteiger partial charge in [0.05, 0.1) is 23.7 Å². The molecular weight excluding hydrogens is 370 g/mol. The van der Waals surface area contributed by atoms with Gasteiger partial charge in [0.25, 0.3) is 0 Å². The zero-order valence-electron chi connectivity index (χ0n) is 14.6. The van der Waals surface area contributed by atoms with Crippen molar-refractivity contribution in [2.45, 2.75) is 30.7 Å². The Hall–Kier alpha value is -2.75. The van der Waals surface area contributed by atoms with Crippen LogP contribution in [0.25, 0.3) is 5.76 Å². The molecule has 9 nitrogen and oxygen atoms in total. The molecule has 1 aromatic rings. The van der Waals surface area contributed by atoms with Gasteiger partial charge in [0.2, 0.25) is 11.7 Å². The van der Waals surface area contributed by atoms with Crippen molar-refractivity contribution in [1.29, 1.82) is 0 Å². The number of aliphatic hydroxyl groups is 4. The molecule has 6 atom stereocenters. The van der Waals surface area contributed by atoms with Crippen LogP contribution in [0.4, 0.5) is 0 Å². The van der Waals surface area contributed by atoms with E-state index in [9.17, 15) is 39.9 Å².